The van der Waals surface area contributed by atoms with Crippen LogP contribution >= 0.6 is 0 Å². The fraction of sp³-hybridized carbons (Fsp3) is 0.222. The standard InChI is InChI=1S/C18H17FN2O5/c19-13-2-4-14(5-3-13)21-18(23)10-24-9-17(22)20-8-12-1-6-15-16(7-12)26-11-25-15/h1-7H,8-11H2,(H,20,22)(H,21,23). The van der Waals surface area contributed by atoms with E-state index in [0.717, 1.165) is 5.56 Å². The van der Waals surface area contributed by atoms with Crippen molar-refractivity contribution in [1.29, 1.82) is 0 Å². The Labute approximate surface area is 149 Å². The second kappa shape index (κ2) is 8.30. The maximum atomic E-state index is 12.8. The Kier molecular flexibility index (Phi) is 5.65. The van der Waals surface area contributed by atoms with E-state index in [1.54, 1.807) is 12.1 Å². The van der Waals surface area contributed by atoms with Gasteiger partial charge in [-0.05, 0) is 42.0 Å². The molecule has 1 aliphatic rings. The zero-order valence-electron chi connectivity index (χ0n) is 13.8. The second-order valence-corrected chi connectivity index (χ2v) is 5.51. The minimum Gasteiger partial charge on any atom is -0.454 e. The van der Waals surface area contributed by atoms with Gasteiger partial charge in [0.05, 0.1) is 0 Å². The van der Waals surface area contributed by atoms with Crippen LogP contribution < -0.4 is 20.1 Å². The van der Waals surface area contributed by atoms with E-state index in [-0.39, 0.29) is 25.9 Å². The number of hydrogen-bond acceptors (Lipinski definition) is 5. The van der Waals surface area contributed by atoms with Crippen molar-refractivity contribution in [2.75, 3.05) is 25.3 Å². The van der Waals surface area contributed by atoms with Crippen LogP contribution in [-0.4, -0.2) is 31.8 Å². The predicted octanol–water partition coefficient (Wildman–Crippen LogP) is 1.83. The highest BCUT2D eigenvalue weighted by atomic mass is 19.1. The molecule has 1 heterocycles. The van der Waals surface area contributed by atoms with Crippen molar-refractivity contribution in [2.45, 2.75) is 6.54 Å². The van der Waals surface area contributed by atoms with Crippen molar-refractivity contribution >= 4 is 17.5 Å². The van der Waals surface area contributed by atoms with Gasteiger partial charge in [0.15, 0.2) is 11.5 Å². The zero-order chi connectivity index (χ0) is 18.4. The van der Waals surface area contributed by atoms with Gasteiger partial charge in [0.1, 0.15) is 19.0 Å². The normalized spacial score (nSPS) is 11.9. The van der Waals surface area contributed by atoms with Gasteiger partial charge in [-0.3, -0.25) is 9.59 Å². The van der Waals surface area contributed by atoms with Crippen molar-refractivity contribution in [3.05, 3.63) is 53.8 Å². The number of benzene rings is 2. The fourth-order valence-electron chi connectivity index (χ4n) is 2.27. The van der Waals surface area contributed by atoms with Crippen molar-refractivity contribution < 1.29 is 28.2 Å². The van der Waals surface area contributed by atoms with E-state index in [1.807, 2.05) is 6.07 Å². The summed E-state index contributed by atoms with van der Waals surface area (Å²) in [5.74, 6) is 0.150. The summed E-state index contributed by atoms with van der Waals surface area (Å²) in [6.45, 7) is -0.0320. The lowest BCUT2D eigenvalue weighted by molar-refractivity contribution is -0.128. The lowest BCUT2D eigenvalue weighted by atomic mass is 10.2. The summed E-state index contributed by atoms with van der Waals surface area (Å²) in [5.41, 5.74) is 1.31. The SMILES string of the molecule is O=C(COCC(=O)Nc1ccc(F)cc1)NCc1ccc2c(c1)OCO2. The number of anilines is 1. The van der Waals surface area contributed by atoms with Gasteiger partial charge in [0, 0.05) is 12.2 Å². The molecular formula is C18H17FN2O5. The van der Waals surface area contributed by atoms with Gasteiger partial charge in [0.2, 0.25) is 18.6 Å². The first-order valence-corrected chi connectivity index (χ1v) is 7.88. The van der Waals surface area contributed by atoms with Gasteiger partial charge >= 0.3 is 0 Å². The maximum absolute atomic E-state index is 12.8. The zero-order valence-corrected chi connectivity index (χ0v) is 13.8. The van der Waals surface area contributed by atoms with Crippen LogP contribution in [0.4, 0.5) is 10.1 Å². The van der Waals surface area contributed by atoms with Crippen molar-refractivity contribution in [3.63, 3.8) is 0 Å². The largest absolute Gasteiger partial charge is 0.454 e. The quantitative estimate of drug-likeness (QED) is 0.787. The van der Waals surface area contributed by atoms with Crippen LogP contribution in [0.1, 0.15) is 5.56 Å². The summed E-state index contributed by atoms with van der Waals surface area (Å²) in [4.78, 5) is 23.4. The van der Waals surface area contributed by atoms with E-state index in [1.165, 1.54) is 24.3 Å². The summed E-state index contributed by atoms with van der Waals surface area (Å²) in [6.07, 6.45) is 0. The van der Waals surface area contributed by atoms with E-state index >= 15 is 0 Å². The number of carbonyl (C=O) groups is 2. The van der Waals surface area contributed by atoms with Crippen molar-refractivity contribution in [1.82, 2.24) is 5.32 Å². The van der Waals surface area contributed by atoms with E-state index in [4.69, 9.17) is 14.2 Å². The summed E-state index contributed by atoms with van der Waals surface area (Å²) in [5, 5.41) is 5.22. The number of ether oxygens (including phenoxy) is 3. The van der Waals surface area contributed by atoms with Crippen molar-refractivity contribution in [3.8, 4) is 11.5 Å². The minimum absolute atomic E-state index is 0.193. The molecule has 0 aromatic heterocycles. The molecule has 0 unspecified atom stereocenters. The molecule has 2 aromatic carbocycles. The number of fused-ring (bicyclic) bond motifs is 1. The number of carbonyl (C=O) groups excluding carboxylic acids is 2. The Hall–Kier alpha value is -3.13. The Balaban J connectivity index is 1.35. The van der Waals surface area contributed by atoms with Gasteiger partial charge in [-0.2, -0.15) is 0 Å². The van der Waals surface area contributed by atoms with Crippen LogP contribution in [0.15, 0.2) is 42.5 Å². The molecule has 0 spiro atoms. The first-order chi connectivity index (χ1) is 12.6. The third-order valence-electron chi connectivity index (χ3n) is 3.52. The average molecular weight is 360 g/mol. The Morgan fingerprint density at radius 3 is 2.54 bits per heavy atom. The third-order valence-corrected chi connectivity index (χ3v) is 3.52. The van der Waals surface area contributed by atoms with Gasteiger partial charge in [0.25, 0.3) is 0 Å². The molecule has 1 aliphatic heterocycles. The van der Waals surface area contributed by atoms with Crippen molar-refractivity contribution in [2.24, 2.45) is 0 Å². The Morgan fingerprint density at radius 2 is 1.73 bits per heavy atom. The lowest BCUT2D eigenvalue weighted by Crippen LogP contribution is -2.29. The average Bonchev–Trinajstić information content (AvgIpc) is 3.10. The van der Waals surface area contributed by atoms with E-state index < -0.39 is 11.7 Å². The minimum atomic E-state index is -0.430. The van der Waals surface area contributed by atoms with E-state index in [2.05, 4.69) is 10.6 Å². The highest BCUT2D eigenvalue weighted by molar-refractivity contribution is 5.91. The number of nitrogens with one attached hydrogen (secondary N) is 2. The Morgan fingerprint density at radius 1 is 1.00 bits per heavy atom. The first kappa shape index (κ1) is 17.7. The van der Waals surface area contributed by atoms with Crippen LogP contribution in [0, 0.1) is 5.82 Å². The smallest absolute Gasteiger partial charge is 0.250 e. The van der Waals surface area contributed by atoms with E-state index in [0.29, 0.717) is 23.7 Å². The molecule has 3 rings (SSSR count). The summed E-state index contributed by atoms with van der Waals surface area (Å²) >= 11 is 0. The maximum Gasteiger partial charge on any atom is 0.250 e. The van der Waals surface area contributed by atoms with Crippen LogP contribution in [-0.2, 0) is 20.9 Å². The number of halogens is 1. The lowest BCUT2D eigenvalue weighted by Gasteiger charge is -2.08. The molecule has 2 aromatic rings. The van der Waals surface area contributed by atoms with Crippen LogP contribution in [0.25, 0.3) is 0 Å². The monoisotopic (exact) mass is 360 g/mol. The predicted molar refractivity (Wildman–Crippen MR) is 90.3 cm³/mol. The topological polar surface area (TPSA) is 85.9 Å². The number of rotatable bonds is 7. The van der Waals surface area contributed by atoms with Gasteiger partial charge in [-0.15, -0.1) is 0 Å². The second-order valence-electron chi connectivity index (χ2n) is 5.51. The fourth-order valence-corrected chi connectivity index (χ4v) is 2.27. The summed E-state index contributed by atoms with van der Waals surface area (Å²) in [7, 11) is 0. The molecule has 0 saturated heterocycles. The summed E-state index contributed by atoms with van der Waals surface area (Å²) in [6, 6.07) is 10.7. The van der Waals surface area contributed by atoms with E-state index in [9.17, 15) is 14.0 Å². The molecule has 8 heteroatoms. The van der Waals surface area contributed by atoms with Gasteiger partial charge in [-0.1, -0.05) is 6.07 Å². The molecule has 2 N–H and O–H groups in total. The highest BCUT2D eigenvalue weighted by Crippen LogP contribution is 2.32. The molecule has 0 bridgehead atoms. The van der Waals surface area contributed by atoms with Gasteiger partial charge in [-0.25, -0.2) is 4.39 Å². The van der Waals surface area contributed by atoms with Crippen LogP contribution in [0.2, 0.25) is 0 Å². The molecule has 26 heavy (non-hydrogen) atoms. The first-order valence-electron chi connectivity index (χ1n) is 7.88. The molecule has 0 atom stereocenters. The molecule has 7 nitrogen and oxygen atoms in total. The van der Waals surface area contributed by atoms with Crippen LogP contribution in [0.5, 0.6) is 11.5 Å². The molecule has 0 fully saturated rings. The molecule has 0 saturated carbocycles. The molecule has 2 amide bonds. The molecule has 136 valence electrons. The number of hydrogen-bond donors (Lipinski definition) is 2. The molecule has 0 aliphatic carbocycles. The molecular weight excluding hydrogens is 343 g/mol. The van der Waals surface area contributed by atoms with Crippen LogP contribution in [0.3, 0.4) is 0 Å². The Bertz CT molecular complexity index is 795. The summed E-state index contributed by atoms with van der Waals surface area (Å²) < 4.78 is 28.3. The molecule has 0 radical (unpaired) electrons. The highest BCUT2D eigenvalue weighted by Gasteiger charge is 2.13. The van der Waals surface area contributed by atoms with Gasteiger partial charge < -0.3 is 24.8 Å². The third kappa shape index (κ3) is 4.93. The number of amides is 2.